The van der Waals surface area contributed by atoms with Gasteiger partial charge in [0.05, 0.1) is 18.8 Å². The minimum Gasteiger partial charge on any atom is -0.385 e. The van der Waals surface area contributed by atoms with Gasteiger partial charge in [0.15, 0.2) is 5.78 Å². The second kappa shape index (κ2) is 9.55. The van der Waals surface area contributed by atoms with Crippen molar-refractivity contribution >= 4 is 5.78 Å². The molecule has 1 rings (SSSR count). The number of hydrogen-bond acceptors (Lipinski definition) is 4. The molecule has 0 amide bonds. The Hall–Kier alpha value is -1.37. The highest BCUT2D eigenvalue weighted by Crippen LogP contribution is 2.13. The molecule has 0 spiro atoms. The van der Waals surface area contributed by atoms with E-state index >= 15 is 0 Å². The summed E-state index contributed by atoms with van der Waals surface area (Å²) in [5.41, 5.74) is -0.176. The zero-order chi connectivity index (χ0) is 15.7. The summed E-state index contributed by atoms with van der Waals surface area (Å²) in [6, 6.07) is 2.84. The molecule has 0 N–H and O–H groups in total. The summed E-state index contributed by atoms with van der Waals surface area (Å²) < 4.78 is 41.7. The molecule has 0 aliphatic rings. The van der Waals surface area contributed by atoms with E-state index in [4.69, 9.17) is 14.2 Å². The van der Waals surface area contributed by atoms with Crippen molar-refractivity contribution in [2.24, 2.45) is 0 Å². The number of ketones is 1. The molecule has 0 radical (unpaired) electrons. The smallest absolute Gasteiger partial charge is 0.194 e. The number of rotatable bonds is 10. The second-order valence-electron chi connectivity index (χ2n) is 4.46. The molecule has 0 saturated carbocycles. The van der Waals surface area contributed by atoms with Crippen molar-refractivity contribution < 1.29 is 27.8 Å². The molecule has 1 unspecified atom stereocenters. The number of benzene rings is 1. The van der Waals surface area contributed by atoms with Crippen molar-refractivity contribution in [2.45, 2.75) is 19.4 Å². The van der Waals surface area contributed by atoms with Crippen LogP contribution < -0.4 is 0 Å². The number of Topliss-reactive ketones (excluding diaryl/α,β-unsaturated/α-hetero) is 1. The predicted molar refractivity (Wildman–Crippen MR) is 73.4 cm³/mol. The highest BCUT2D eigenvalue weighted by atomic mass is 19.1. The SMILES string of the molecule is COCCCOCCOC(C)C(=O)c1ccc(F)cc1F. The van der Waals surface area contributed by atoms with Crippen LogP contribution in [0.1, 0.15) is 23.7 Å². The first-order valence-corrected chi connectivity index (χ1v) is 6.73. The lowest BCUT2D eigenvalue weighted by Crippen LogP contribution is -2.24. The van der Waals surface area contributed by atoms with Gasteiger partial charge < -0.3 is 14.2 Å². The summed E-state index contributed by atoms with van der Waals surface area (Å²) in [4.78, 5) is 11.9. The molecule has 0 aromatic heterocycles. The maximum absolute atomic E-state index is 13.5. The van der Waals surface area contributed by atoms with E-state index in [0.717, 1.165) is 18.6 Å². The van der Waals surface area contributed by atoms with Crippen molar-refractivity contribution in [3.05, 3.63) is 35.4 Å². The zero-order valence-corrected chi connectivity index (χ0v) is 12.2. The van der Waals surface area contributed by atoms with Crippen LogP contribution in [0, 0.1) is 11.6 Å². The van der Waals surface area contributed by atoms with Gasteiger partial charge in [0, 0.05) is 26.4 Å². The number of carbonyl (C=O) groups is 1. The van der Waals surface area contributed by atoms with E-state index < -0.39 is 23.5 Å². The fraction of sp³-hybridized carbons (Fsp3) is 0.533. The summed E-state index contributed by atoms with van der Waals surface area (Å²) >= 11 is 0. The Morgan fingerprint density at radius 1 is 1.19 bits per heavy atom. The lowest BCUT2D eigenvalue weighted by Gasteiger charge is -2.13. The molecule has 0 saturated heterocycles. The van der Waals surface area contributed by atoms with Crippen molar-refractivity contribution in [2.75, 3.05) is 33.5 Å². The van der Waals surface area contributed by atoms with E-state index in [1.165, 1.54) is 6.92 Å². The first-order valence-electron chi connectivity index (χ1n) is 6.73. The maximum Gasteiger partial charge on any atom is 0.194 e. The molecule has 0 aliphatic heterocycles. The molecule has 6 heteroatoms. The van der Waals surface area contributed by atoms with Crippen LogP contribution in [0.2, 0.25) is 0 Å². The Bertz CT molecular complexity index is 451. The lowest BCUT2D eigenvalue weighted by atomic mass is 10.1. The molecule has 0 fully saturated rings. The van der Waals surface area contributed by atoms with Crippen LogP contribution in [0.25, 0.3) is 0 Å². The van der Waals surface area contributed by atoms with Crippen LogP contribution in [0.3, 0.4) is 0 Å². The quantitative estimate of drug-likeness (QED) is 0.492. The maximum atomic E-state index is 13.5. The van der Waals surface area contributed by atoms with Gasteiger partial charge in [-0.2, -0.15) is 0 Å². The fourth-order valence-electron chi connectivity index (χ4n) is 1.68. The largest absolute Gasteiger partial charge is 0.385 e. The van der Waals surface area contributed by atoms with Crippen molar-refractivity contribution in [1.82, 2.24) is 0 Å². The normalized spacial score (nSPS) is 12.4. The Labute approximate surface area is 123 Å². The monoisotopic (exact) mass is 302 g/mol. The zero-order valence-electron chi connectivity index (χ0n) is 12.2. The Morgan fingerprint density at radius 2 is 1.95 bits per heavy atom. The molecule has 1 aromatic rings. The molecular weight excluding hydrogens is 282 g/mol. The molecule has 4 nitrogen and oxygen atoms in total. The average Bonchev–Trinajstić information content (AvgIpc) is 2.45. The number of carbonyl (C=O) groups excluding carboxylic acids is 1. The average molecular weight is 302 g/mol. The van der Waals surface area contributed by atoms with Gasteiger partial charge in [0.1, 0.15) is 17.7 Å². The summed E-state index contributed by atoms with van der Waals surface area (Å²) in [5.74, 6) is -2.12. The third-order valence-corrected chi connectivity index (χ3v) is 2.80. The highest BCUT2D eigenvalue weighted by molar-refractivity contribution is 5.99. The van der Waals surface area contributed by atoms with Crippen molar-refractivity contribution in [3.8, 4) is 0 Å². The highest BCUT2D eigenvalue weighted by Gasteiger charge is 2.19. The van der Waals surface area contributed by atoms with Gasteiger partial charge in [0.25, 0.3) is 0 Å². The summed E-state index contributed by atoms with van der Waals surface area (Å²) in [5, 5.41) is 0. The minimum absolute atomic E-state index is 0.176. The molecular formula is C15H20F2O4. The van der Waals surface area contributed by atoms with E-state index in [9.17, 15) is 13.6 Å². The molecule has 0 aliphatic carbocycles. The van der Waals surface area contributed by atoms with Crippen LogP contribution in [0.4, 0.5) is 8.78 Å². The number of hydrogen-bond donors (Lipinski definition) is 0. The van der Waals surface area contributed by atoms with Gasteiger partial charge in [-0.05, 0) is 25.5 Å². The standard InChI is InChI=1S/C15H20F2O4/c1-11(21-9-8-20-7-3-6-19-2)15(18)13-5-4-12(16)10-14(13)17/h4-5,10-11H,3,6-9H2,1-2H3. The third kappa shape index (κ3) is 6.29. The molecule has 0 bridgehead atoms. The minimum atomic E-state index is -0.883. The van der Waals surface area contributed by atoms with E-state index in [-0.39, 0.29) is 12.2 Å². The Balaban J connectivity index is 2.31. The second-order valence-corrected chi connectivity index (χ2v) is 4.46. The molecule has 118 valence electrons. The molecule has 1 aromatic carbocycles. The van der Waals surface area contributed by atoms with Gasteiger partial charge in [0.2, 0.25) is 0 Å². The van der Waals surface area contributed by atoms with Crippen molar-refractivity contribution in [3.63, 3.8) is 0 Å². The number of ether oxygens (including phenoxy) is 3. The summed E-state index contributed by atoms with van der Waals surface area (Å²) in [6.07, 6.45) is -0.0290. The first kappa shape index (κ1) is 17.7. The topological polar surface area (TPSA) is 44.8 Å². The van der Waals surface area contributed by atoms with Crippen LogP contribution in [-0.2, 0) is 14.2 Å². The van der Waals surface area contributed by atoms with Gasteiger partial charge in [-0.15, -0.1) is 0 Å². The Morgan fingerprint density at radius 3 is 2.62 bits per heavy atom. The lowest BCUT2D eigenvalue weighted by molar-refractivity contribution is 0.0114. The van der Waals surface area contributed by atoms with Crippen LogP contribution in [0.15, 0.2) is 18.2 Å². The van der Waals surface area contributed by atoms with E-state index in [0.29, 0.717) is 25.9 Å². The molecule has 1 atom stereocenters. The summed E-state index contributed by atoms with van der Waals surface area (Å²) in [7, 11) is 1.62. The molecule has 21 heavy (non-hydrogen) atoms. The fourth-order valence-corrected chi connectivity index (χ4v) is 1.68. The van der Waals surface area contributed by atoms with E-state index in [2.05, 4.69) is 0 Å². The van der Waals surface area contributed by atoms with Gasteiger partial charge in [-0.1, -0.05) is 0 Å². The van der Waals surface area contributed by atoms with Crippen LogP contribution in [-0.4, -0.2) is 45.4 Å². The van der Waals surface area contributed by atoms with Gasteiger partial charge >= 0.3 is 0 Å². The number of methoxy groups -OCH3 is 1. The van der Waals surface area contributed by atoms with Gasteiger partial charge in [-0.3, -0.25) is 4.79 Å². The van der Waals surface area contributed by atoms with Crippen molar-refractivity contribution in [1.29, 1.82) is 0 Å². The number of halogens is 2. The Kier molecular flexibility index (Phi) is 8.04. The van der Waals surface area contributed by atoms with E-state index in [1.54, 1.807) is 7.11 Å². The third-order valence-electron chi connectivity index (χ3n) is 2.80. The first-order chi connectivity index (χ1) is 10.1. The predicted octanol–water partition coefficient (Wildman–Crippen LogP) is 2.61. The van der Waals surface area contributed by atoms with Gasteiger partial charge in [-0.25, -0.2) is 8.78 Å². The van der Waals surface area contributed by atoms with E-state index in [1.807, 2.05) is 0 Å². The molecule has 0 heterocycles. The van der Waals surface area contributed by atoms with Crippen LogP contribution >= 0.6 is 0 Å². The summed E-state index contributed by atoms with van der Waals surface area (Å²) in [6.45, 7) is 3.26. The van der Waals surface area contributed by atoms with Crippen LogP contribution in [0.5, 0.6) is 0 Å².